The number of nitrogens with zero attached hydrogens (tertiary/aromatic N) is 1. The minimum absolute atomic E-state index is 0.0282. The van der Waals surface area contributed by atoms with Gasteiger partial charge in [-0.15, -0.1) is 0 Å². The number of rotatable bonds is 7. The molecule has 140 valence electrons. The van der Waals surface area contributed by atoms with Crippen molar-refractivity contribution in [2.45, 2.75) is 33.2 Å². The van der Waals surface area contributed by atoms with Gasteiger partial charge in [0.15, 0.2) is 0 Å². The van der Waals surface area contributed by atoms with Crippen molar-refractivity contribution in [2.75, 3.05) is 17.1 Å². The van der Waals surface area contributed by atoms with Crippen molar-refractivity contribution in [1.29, 1.82) is 0 Å². The summed E-state index contributed by atoms with van der Waals surface area (Å²) in [5.74, 6) is -0.148. The van der Waals surface area contributed by atoms with Crippen molar-refractivity contribution in [3.63, 3.8) is 0 Å². The van der Waals surface area contributed by atoms with Crippen LogP contribution >= 0.6 is 0 Å². The maximum absolute atomic E-state index is 12.5. The highest BCUT2D eigenvalue weighted by Gasteiger charge is 2.17. The average molecular weight is 375 g/mol. The molecule has 1 N–H and O–H groups in total. The standard InChI is InChI=1S/C20H26N2O3S/c1-5-19(16-9-7-15(3)8-10-16)21-20(23)17-11-13-18(14-12-17)22(4)26(24,25)6-2/h7-14,19H,5-6H2,1-4H3,(H,21,23)/t19-/m0/s1. The molecule has 26 heavy (non-hydrogen) atoms. The molecule has 5 nitrogen and oxygen atoms in total. The topological polar surface area (TPSA) is 66.5 Å². The van der Waals surface area contributed by atoms with Gasteiger partial charge >= 0.3 is 0 Å². The molecular weight excluding hydrogens is 348 g/mol. The van der Waals surface area contributed by atoms with E-state index in [1.807, 2.05) is 38.1 Å². The van der Waals surface area contributed by atoms with Crippen molar-refractivity contribution >= 4 is 21.6 Å². The molecule has 1 amide bonds. The molecule has 1 atom stereocenters. The first kappa shape index (κ1) is 20.0. The third-order valence-corrected chi connectivity index (χ3v) is 6.24. The number of amides is 1. The van der Waals surface area contributed by atoms with Crippen LogP contribution in [0.15, 0.2) is 48.5 Å². The van der Waals surface area contributed by atoms with E-state index in [0.717, 1.165) is 12.0 Å². The predicted octanol–water partition coefficient (Wildman–Crippen LogP) is 3.66. The van der Waals surface area contributed by atoms with Gasteiger partial charge in [-0.05, 0) is 50.1 Å². The maximum atomic E-state index is 12.5. The smallest absolute Gasteiger partial charge is 0.251 e. The lowest BCUT2D eigenvalue weighted by Crippen LogP contribution is -2.29. The van der Waals surface area contributed by atoms with Gasteiger partial charge in [-0.25, -0.2) is 8.42 Å². The van der Waals surface area contributed by atoms with Crippen LogP contribution in [0.25, 0.3) is 0 Å². The fraction of sp³-hybridized carbons (Fsp3) is 0.350. The van der Waals surface area contributed by atoms with Crippen molar-refractivity contribution in [1.82, 2.24) is 5.32 Å². The fourth-order valence-corrected chi connectivity index (χ4v) is 3.47. The van der Waals surface area contributed by atoms with Crippen LogP contribution in [0.5, 0.6) is 0 Å². The monoisotopic (exact) mass is 374 g/mol. The normalized spacial score (nSPS) is 12.5. The Morgan fingerprint density at radius 2 is 1.62 bits per heavy atom. The molecule has 6 heteroatoms. The zero-order chi connectivity index (χ0) is 19.3. The zero-order valence-corrected chi connectivity index (χ0v) is 16.5. The second kappa shape index (κ2) is 8.36. The van der Waals surface area contributed by atoms with Crippen molar-refractivity contribution in [3.05, 3.63) is 65.2 Å². The van der Waals surface area contributed by atoms with Crippen molar-refractivity contribution in [3.8, 4) is 0 Å². The van der Waals surface area contributed by atoms with Crippen LogP contribution < -0.4 is 9.62 Å². The first-order valence-electron chi connectivity index (χ1n) is 8.72. The van der Waals surface area contributed by atoms with Crippen LogP contribution in [-0.2, 0) is 10.0 Å². The number of sulfonamides is 1. The summed E-state index contributed by atoms with van der Waals surface area (Å²) < 4.78 is 25.1. The Kier molecular flexibility index (Phi) is 6.42. The van der Waals surface area contributed by atoms with Crippen molar-refractivity contribution < 1.29 is 13.2 Å². The average Bonchev–Trinajstić information content (AvgIpc) is 2.66. The van der Waals surface area contributed by atoms with E-state index in [9.17, 15) is 13.2 Å². The molecule has 0 unspecified atom stereocenters. The summed E-state index contributed by atoms with van der Waals surface area (Å²) in [6.07, 6.45) is 0.782. The lowest BCUT2D eigenvalue weighted by atomic mass is 10.0. The van der Waals surface area contributed by atoms with Gasteiger partial charge in [-0.1, -0.05) is 36.8 Å². The number of hydrogen-bond acceptors (Lipinski definition) is 3. The molecule has 2 rings (SSSR count). The number of hydrogen-bond donors (Lipinski definition) is 1. The Morgan fingerprint density at radius 1 is 1.04 bits per heavy atom. The van der Waals surface area contributed by atoms with Crippen LogP contribution in [0, 0.1) is 6.92 Å². The van der Waals surface area contributed by atoms with Gasteiger partial charge < -0.3 is 5.32 Å². The third kappa shape index (κ3) is 4.64. The molecule has 0 heterocycles. The molecule has 2 aromatic carbocycles. The highest BCUT2D eigenvalue weighted by Crippen LogP contribution is 2.20. The van der Waals surface area contributed by atoms with Gasteiger partial charge in [0.2, 0.25) is 10.0 Å². The Hall–Kier alpha value is -2.34. The molecule has 0 aliphatic rings. The van der Waals surface area contributed by atoms with Gasteiger partial charge in [-0.3, -0.25) is 9.10 Å². The van der Waals surface area contributed by atoms with E-state index in [4.69, 9.17) is 0 Å². The molecule has 0 fully saturated rings. The van der Waals surface area contributed by atoms with Gasteiger partial charge in [-0.2, -0.15) is 0 Å². The van der Waals surface area contributed by atoms with E-state index >= 15 is 0 Å². The lowest BCUT2D eigenvalue weighted by Gasteiger charge is -2.20. The fourth-order valence-electron chi connectivity index (χ4n) is 2.64. The van der Waals surface area contributed by atoms with Gasteiger partial charge in [0, 0.05) is 12.6 Å². The minimum Gasteiger partial charge on any atom is -0.345 e. The molecule has 0 saturated carbocycles. The van der Waals surface area contributed by atoms with Crippen LogP contribution in [0.1, 0.15) is 47.8 Å². The molecule has 2 aromatic rings. The quantitative estimate of drug-likeness (QED) is 0.804. The Morgan fingerprint density at radius 3 is 2.12 bits per heavy atom. The molecule has 0 saturated heterocycles. The number of aryl methyl sites for hydroxylation is 1. The molecule has 0 spiro atoms. The van der Waals surface area contributed by atoms with E-state index < -0.39 is 10.0 Å². The Balaban J connectivity index is 2.13. The van der Waals surface area contributed by atoms with E-state index in [0.29, 0.717) is 11.3 Å². The molecule has 0 aliphatic carbocycles. The molecule has 0 radical (unpaired) electrons. The first-order chi connectivity index (χ1) is 12.3. The molecule has 0 aliphatic heterocycles. The summed E-state index contributed by atoms with van der Waals surface area (Å²) in [4.78, 5) is 12.5. The van der Waals surface area contributed by atoms with Crippen LogP contribution in [0.3, 0.4) is 0 Å². The number of carbonyl (C=O) groups is 1. The zero-order valence-electron chi connectivity index (χ0n) is 15.7. The summed E-state index contributed by atoms with van der Waals surface area (Å²) >= 11 is 0. The summed E-state index contributed by atoms with van der Waals surface area (Å²) in [6.45, 7) is 5.66. The van der Waals surface area contributed by atoms with Gasteiger partial charge in [0.05, 0.1) is 17.5 Å². The van der Waals surface area contributed by atoms with Gasteiger partial charge in [0.25, 0.3) is 5.91 Å². The predicted molar refractivity (Wildman–Crippen MR) is 106 cm³/mol. The van der Waals surface area contributed by atoms with Crippen LogP contribution in [0.4, 0.5) is 5.69 Å². The van der Waals surface area contributed by atoms with Gasteiger partial charge in [0.1, 0.15) is 0 Å². The minimum atomic E-state index is -3.31. The summed E-state index contributed by atoms with van der Waals surface area (Å²) in [5, 5.41) is 3.04. The second-order valence-electron chi connectivity index (χ2n) is 6.26. The first-order valence-corrected chi connectivity index (χ1v) is 10.3. The summed E-state index contributed by atoms with van der Waals surface area (Å²) in [5.41, 5.74) is 3.28. The second-order valence-corrected chi connectivity index (χ2v) is 8.55. The van der Waals surface area contributed by atoms with Crippen LogP contribution in [0.2, 0.25) is 0 Å². The molecular formula is C20H26N2O3S. The van der Waals surface area contributed by atoms with Crippen molar-refractivity contribution in [2.24, 2.45) is 0 Å². The number of carbonyl (C=O) groups excluding carboxylic acids is 1. The maximum Gasteiger partial charge on any atom is 0.251 e. The Bertz CT molecular complexity index is 844. The van der Waals surface area contributed by atoms with E-state index in [2.05, 4.69) is 5.32 Å². The van der Waals surface area contributed by atoms with E-state index in [-0.39, 0.29) is 17.7 Å². The summed E-state index contributed by atoms with van der Waals surface area (Å²) in [7, 11) is -1.80. The Labute approximate surface area is 156 Å². The molecule has 0 aromatic heterocycles. The highest BCUT2D eigenvalue weighted by atomic mass is 32.2. The highest BCUT2D eigenvalue weighted by molar-refractivity contribution is 7.92. The number of anilines is 1. The number of benzene rings is 2. The lowest BCUT2D eigenvalue weighted by molar-refractivity contribution is 0.0935. The van der Waals surface area contributed by atoms with Crippen LogP contribution in [-0.4, -0.2) is 27.1 Å². The van der Waals surface area contributed by atoms with E-state index in [1.165, 1.54) is 16.9 Å². The SMILES string of the molecule is CC[C@H](NC(=O)c1ccc(N(C)S(=O)(=O)CC)cc1)c1ccc(C)cc1. The summed E-state index contributed by atoms with van der Waals surface area (Å²) in [6, 6.07) is 14.6. The third-order valence-electron chi connectivity index (χ3n) is 4.47. The largest absolute Gasteiger partial charge is 0.345 e. The number of nitrogens with one attached hydrogen (secondary N) is 1. The van der Waals surface area contributed by atoms with E-state index in [1.54, 1.807) is 31.2 Å². The molecule has 0 bridgehead atoms.